The highest BCUT2D eigenvalue weighted by Crippen LogP contribution is 2.28. The predicted octanol–water partition coefficient (Wildman–Crippen LogP) is 2.81. The number of ether oxygens (including phenoxy) is 1. The van der Waals surface area contributed by atoms with E-state index < -0.39 is 41.7 Å². The first kappa shape index (κ1) is 21.6. The van der Waals surface area contributed by atoms with E-state index in [2.05, 4.69) is 20.9 Å². The molecule has 1 aliphatic heterocycles. The van der Waals surface area contributed by atoms with Crippen LogP contribution in [0, 0.1) is 5.82 Å². The number of carbonyl (C=O) groups is 2. The number of nitrogens with one attached hydrogen (secondary N) is 3. The van der Waals surface area contributed by atoms with E-state index in [4.69, 9.17) is 16.3 Å². The number of aromatic nitrogens is 1. The fourth-order valence-electron chi connectivity index (χ4n) is 2.65. The van der Waals surface area contributed by atoms with Gasteiger partial charge in [0.05, 0.1) is 17.3 Å². The highest BCUT2D eigenvalue weighted by molar-refractivity contribution is 6.30. The maximum absolute atomic E-state index is 13.5. The number of amides is 3. The van der Waals surface area contributed by atoms with Gasteiger partial charge >= 0.3 is 12.2 Å². The van der Waals surface area contributed by atoms with E-state index >= 15 is 0 Å². The third-order valence-electron chi connectivity index (χ3n) is 4.19. The van der Waals surface area contributed by atoms with Crippen molar-refractivity contribution < 1.29 is 31.9 Å². The molecule has 1 aromatic heterocycles. The Morgan fingerprint density at radius 1 is 1.33 bits per heavy atom. The van der Waals surface area contributed by atoms with Crippen molar-refractivity contribution in [1.29, 1.82) is 0 Å². The molecule has 2 atom stereocenters. The molecule has 160 valence electrons. The van der Waals surface area contributed by atoms with Crippen LogP contribution in [-0.2, 0) is 11.0 Å². The molecule has 3 amide bonds. The quantitative estimate of drug-likeness (QED) is 0.595. The molecule has 1 saturated heterocycles. The van der Waals surface area contributed by atoms with E-state index in [1.54, 1.807) is 0 Å². The molecule has 0 spiro atoms. The molecule has 0 aliphatic carbocycles. The summed E-state index contributed by atoms with van der Waals surface area (Å²) in [7, 11) is 0. The topological polar surface area (TPSA) is 92.4 Å². The van der Waals surface area contributed by atoms with Crippen molar-refractivity contribution in [3.05, 3.63) is 58.6 Å². The molecule has 0 saturated carbocycles. The van der Waals surface area contributed by atoms with Gasteiger partial charge in [-0.05, 0) is 29.8 Å². The van der Waals surface area contributed by atoms with Gasteiger partial charge in [0.1, 0.15) is 29.9 Å². The molecule has 0 bridgehead atoms. The molecule has 3 rings (SSSR count). The second kappa shape index (κ2) is 8.74. The monoisotopic (exact) mass is 446 g/mol. The molecule has 1 aliphatic rings. The van der Waals surface area contributed by atoms with Gasteiger partial charge in [0, 0.05) is 6.54 Å². The van der Waals surface area contributed by atoms with Gasteiger partial charge in [-0.1, -0.05) is 17.7 Å². The number of halogens is 5. The zero-order valence-electron chi connectivity index (χ0n) is 15.1. The number of pyridine rings is 1. The van der Waals surface area contributed by atoms with E-state index in [0.717, 1.165) is 24.4 Å². The number of rotatable bonds is 6. The predicted molar refractivity (Wildman–Crippen MR) is 97.4 cm³/mol. The normalized spacial score (nSPS) is 17.1. The average Bonchev–Trinajstić information content (AvgIpc) is 3.13. The van der Waals surface area contributed by atoms with Crippen LogP contribution in [0.3, 0.4) is 0 Å². The number of hydrogen-bond donors (Lipinski definition) is 3. The largest absolute Gasteiger partial charge is 0.489 e. The van der Waals surface area contributed by atoms with E-state index in [1.807, 2.05) is 0 Å². The van der Waals surface area contributed by atoms with Crippen LogP contribution in [0.1, 0.15) is 17.3 Å². The van der Waals surface area contributed by atoms with Crippen LogP contribution in [0.15, 0.2) is 36.5 Å². The van der Waals surface area contributed by atoms with E-state index in [-0.39, 0.29) is 23.9 Å². The Balaban J connectivity index is 1.74. The summed E-state index contributed by atoms with van der Waals surface area (Å²) in [4.78, 5) is 27.0. The first-order valence-corrected chi connectivity index (χ1v) is 8.97. The number of nitrogens with zero attached hydrogens (tertiary/aromatic N) is 1. The van der Waals surface area contributed by atoms with Crippen molar-refractivity contribution in [3.8, 4) is 5.75 Å². The molecule has 1 fully saturated rings. The maximum atomic E-state index is 13.5. The lowest BCUT2D eigenvalue weighted by Gasteiger charge is -2.22. The summed E-state index contributed by atoms with van der Waals surface area (Å²) in [5, 5.41) is 7.33. The third kappa shape index (κ3) is 5.29. The number of hydrogen-bond acceptors (Lipinski definition) is 4. The van der Waals surface area contributed by atoms with Crippen LogP contribution in [0.2, 0.25) is 5.02 Å². The number of urea groups is 1. The van der Waals surface area contributed by atoms with Crippen molar-refractivity contribution in [2.45, 2.75) is 18.3 Å². The molecule has 0 unspecified atom stereocenters. The molecule has 1 aromatic carbocycles. The van der Waals surface area contributed by atoms with Crippen molar-refractivity contribution in [2.75, 3.05) is 13.2 Å². The Morgan fingerprint density at radius 3 is 2.67 bits per heavy atom. The molecule has 2 heterocycles. The summed E-state index contributed by atoms with van der Waals surface area (Å²) >= 11 is 5.81. The van der Waals surface area contributed by atoms with Crippen molar-refractivity contribution in [2.24, 2.45) is 0 Å². The molecule has 0 radical (unpaired) electrons. The van der Waals surface area contributed by atoms with Crippen LogP contribution >= 0.6 is 11.6 Å². The Labute approximate surface area is 172 Å². The van der Waals surface area contributed by atoms with Crippen LogP contribution in [0.5, 0.6) is 5.75 Å². The maximum Gasteiger partial charge on any atom is 0.433 e. The minimum Gasteiger partial charge on any atom is -0.489 e. The number of benzene rings is 1. The molecule has 2 aromatic rings. The molecule has 3 N–H and O–H groups in total. The second-order valence-corrected chi connectivity index (χ2v) is 6.74. The molecular formula is C18H15ClF4N4O3. The van der Waals surface area contributed by atoms with Crippen LogP contribution in [-0.4, -0.2) is 36.1 Å². The van der Waals surface area contributed by atoms with Crippen molar-refractivity contribution >= 4 is 23.5 Å². The van der Waals surface area contributed by atoms with Gasteiger partial charge < -0.3 is 20.7 Å². The molecule has 7 nitrogen and oxygen atoms in total. The Morgan fingerprint density at radius 2 is 2.10 bits per heavy atom. The second-order valence-electron chi connectivity index (χ2n) is 6.33. The molecule has 30 heavy (non-hydrogen) atoms. The number of alkyl halides is 3. The Bertz CT molecular complexity index is 940. The fraction of sp³-hybridized carbons (Fsp3) is 0.278. The van der Waals surface area contributed by atoms with Gasteiger partial charge in [0.2, 0.25) is 5.91 Å². The average molecular weight is 447 g/mol. The van der Waals surface area contributed by atoms with Crippen molar-refractivity contribution in [1.82, 2.24) is 20.9 Å². The van der Waals surface area contributed by atoms with Crippen LogP contribution in [0.25, 0.3) is 0 Å². The smallest absolute Gasteiger partial charge is 0.433 e. The fourth-order valence-corrected chi connectivity index (χ4v) is 2.84. The lowest BCUT2D eigenvalue weighted by atomic mass is 10.1. The van der Waals surface area contributed by atoms with E-state index in [0.29, 0.717) is 5.56 Å². The summed E-state index contributed by atoms with van der Waals surface area (Å²) in [6, 6.07) is 3.47. The van der Waals surface area contributed by atoms with Gasteiger partial charge in [-0.3, -0.25) is 4.79 Å². The van der Waals surface area contributed by atoms with Gasteiger partial charge in [-0.2, -0.15) is 13.2 Å². The Kier molecular flexibility index (Phi) is 6.30. The third-order valence-corrected chi connectivity index (χ3v) is 4.48. The van der Waals surface area contributed by atoms with Gasteiger partial charge in [-0.25, -0.2) is 14.2 Å². The van der Waals surface area contributed by atoms with Gasteiger partial charge in [0.25, 0.3) is 0 Å². The van der Waals surface area contributed by atoms with Crippen molar-refractivity contribution in [3.63, 3.8) is 0 Å². The standard InChI is InChI=1S/C18H15ClF4N4O3/c19-11-5-9(1-3-12(11)20)14(26-16(28)13-7-25-17(29)27-13)8-30-10-2-4-15(24-6-10)18(21,22)23/h1-6,13-14H,7-8H2,(H,26,28)(H2,25,27,29)/t13-,14+/m0/s1. The highest BCUT2D eigenvalue weighted by atomic mass is 35.5. The minimum absolute atomic E-state index is 0.0336. The van der Waals surface area contributed by atoms with Crippen LogP contribution in [0.4, 0.5) is 22.4 Å². The summed E-state index contributed by atoms with van der Waals surface area (Å²) in [6.45, 7) is -0.139. The van der Waals surface area contributed by atoms with Gasteiger partial charge in [-0.15, -0.1) is 0 Å². The summed E-state index contributed by atoms with van der Waals surface area (Å²) in [5.74, 6) is -1.16. The molecule has 12 heteroatoms. The number of carbonyl (C=O) groups excluding carboxylic acids is 2. The first-order chi connectivity index (χ1) is 14.1. The highest BCUT2D eigenvalue weighted by Gasteiger charge is 2.32. The Hall–Kier alpha value is -3.08. The van der Waals surface area contributed by atoms with E-state index in [1.165, 1.54) is 12.1 Å². The zero-order valence-corrected chi connectivity index (χ0v) is 15.9. The minimum atomic E-state index is -4.58. The summed E-state index contributed by atoms with van der Waals surface area (Å²) in [5.41, 5.74) is -0.679. The summed E-state index contributed by atoms with van der Waals surface area (Å²) < 4.78 is 56.8. The lowest BCUT2D eigenvalue weighted by molar-refractivity contribution is -0.141. The summed E-state index contributed by atoms with van der Waals surface area (Å²) in [6.07, 6.45) is -3.68. The van der Waals surface area contributed by atoms with Gasteiger partial charge in [0.15, 0.2) is 0 Å². The first-order valence-electron chi connectivity index (χ1n) is 8.59. The molecular weight excluding hydrogens is 432 g/mol. The zero-order chi connectivity index (χ0) is 21.9. The van der Waals surface area contributed by atoms with E-state index in [9.17, 15) is 27.2 Å². The van der Waals surface area contributed by atoms with Crippen LogP contribution < -0.4 is 20.7 Å². The lowest BCUT2D eigenvalue weighted by Crippen LogP contribution is -2.45. The SMILES string of the molecule is O=C1NC[C@@H](C(=O)N[C@H](COc2ccc(C(F)(F)F)nc2)c2ccc(F)c(Cl)c2)N1.